The van der Waals surface area contributed by atoms with Crippen molar-refractivity contribution in [3.63, 3.8) is 0 Å². The van der Waals surface area contributed by atoms with Gasteiger partial charge in [0, 0.05) is 43.8 Å². The molecule has 0 atom stereocenters. The molecule has 0 aliphatic rings. The molecule has 24 rings (SSSR count). The summed E-state index contributed by atoms with van der Waals surface area (Å²) >= 11 is 25.0. The predicted octanol–water partition coefficient (Wildman–Crippen LogP) is 29.6. The number of halogens is 4. The Kier molecular flexibility index (Phi) is 18.1. The second-order valence-corrected chi connectivity index (χ2v) is 29.9. The van der Waals surface area contributed by atoms with E-state index in [4.69, 9.17) is 64.1 Å². The van der Waals surface area contributed by atoms with Crippen LogP contribution in [0.15, 0.2) is 370 Å². The minimum Gasteiger partial charge on any atom is -0.438 e. The third-order valence-electron chi connectivity index (χ3n) is 21.6. The summed E-state index contributed by atoms with van der Waals surface area (Å²) in [5.41, 5.74) is 19.3. The SMILES string of the molecule is Clc1nc(-c2cc3ccccc3c3ccccc23)c2c(n1)oc1ccccc12.Clc1nc(-c2ccc(-c3ccc4ccccc4c3)cc2)c2c(n1)oc1ccccc12.Clc1nc(-c2ccc(-c3ccccc3)c3ccccc23)c2c(n1)oc1ccccc12.Clc1nc(-c2ccc3cc(-c4ccccc4)ccc3c2)c2c(n1)oc1ccccc12. The summed E-state index contributed by atoms with van der Waals surface area (Å²) in [4.78, 5) is 35.6. The lowest BCUT2D eigenvalue weighted by Gasteiger charge is -2.12. The molecule has 12 nitrogen and oxygen atoms in total. The summed E-state index contributed by atoms with van der Waals surface area (Å²) in [6.07, 6.45) is 0. The van der Waals surface area contributed by atoms with Gasteiger partial charge in [0.1, 0.15) is 22.3 Å². The summed E-state index contributed by atoms with van der Waals surface area (Å²) < 4.78 is 23.7. The molecule has 0 amide bonds. The zero-order chi connectivity index (χ0) is 78.9. The zero-order valence-electron chi connectivity index (χ0n) is 62.2. The van der Waals surface area contributed by atoms with Crippen LogP contribution < -0.4 is 0 Å². The normalized spacial score (nSPS) is 11.6. The average Bonchev–Trinajstić information content (AvgIpc) is 1.54. The standard InChI is InChI=1S/3C26H15ClN2O.C24H13ClN2O/c27-26-28-24(23-21-7-3-4-8-22(21)30-25(23)29-26)18-12-9-17(10-13-18)20-14-11-16-5-1-2-6-19(16)15-20;27-26-28-24(23-21-12-6-7-13-22(21)30-25(23)29-26)20-15-14-17(16-8-2-1-3-9-16)18-10-4-5-11-19(18)20;27-26-28-24(23-21-8-4-5-9-22(21)30-25(23)29-26)20-13-12-18-14-17(10-11-19(18)15-20)16-6-2-1-3-7-16;25-24-26-22(21-18-11-5-6-12-20(18)28-23(21)27-24)19-13-14-7-1-2-8-15(14)16-9-3-4-10-17(16)19/h3*1-15H;1-13H. The number of hydrogen-bond donors (Lipinski definition) is 0. The van der Waals surface area contributed by atoms with Crippen molar-refractivity contribution in [3.8, 4) is 78.4 Å². The fourth-order valence-electron chi connectivity index (χ4n) is 16.2. The van der Waals surface area contributed by atoms with Gasteiger partial charge >= 0.3 is 0 Å². The molecule has 24 aromatic rings. The third kappa shape index (κ3) is 13.1. The van der Waals surface area contributed by atoms with E-state index in [2.05, 4.69) is 270 Å². The van der Waals surface area contributed by atoms with Crippen molar-refractivity contribution in [1.29, 1.82) is 0 Å². The molecule has 0 spiro atoms. The van der Waals surface area contributed by atoms with E-state index >= 15 is 0 Å². The number of nitrogens with zero attached hydrogens (tertiary/aromatic N) is 8. The molecule has 0 fully saturated rings. The van der Waals surface area contributed by atoms with E-state index in [-0.39, 0.29) is 21.1 Å². The topological polar surface area (TPSA) is 156 Å². The Morgan fingerprint density at radius 1 is 0.169 bits per heavy atom. The first-order valence-electron chi connectivity index (χ1n) is 38.2. The highest BCUT2D eigenvalue weighted by molar-refractivity contribution is 6.31. The van der Waals surface area contributed by atoms with Crippen LogP contribution in [0.3, 0.4) is 0 Å². The molecule has 0 saturated carbocycles. The number of aromatic nitrogens is 8. The van der Waals surface area contributed by atoms with Crippen molar-refractivity contribution < 1.29 is 17.7 Å². The lowest BCUT2D eigenvalue weighted by Crippen LogP contribution is -1.92. The van der Waals surface area contributed by atoms with Gasteiger partial charge < -0.3 is 17.7 Å². The molecule has 8 aromatic heterocycles. The van der Waals surface area contributed by atoms with Crippen LogP contribution in [-0.4, -0.2) is 39.9 Å². The number of hydrogen-bond acceptors (Lipinski definition) is 12. The van der Waals surface area contributed by atoms with Crippen molar-refractivity contribution in [2.45, 2.75) is 0 Å². The van der Waals surface area contributed by atoms with Gasteiger partial charge in [-0.2, -0.15) is 19.9 Å². The van der Waals surface area contributed by atoms with Crippen LogP contribution in [0.1, 0.15) is 0 Å². The molecule has 0 aliphatic carbocycles. The maximum absolute atomic E-state index is 6.30. The molecule has 0 unspecified atom stereocenters. The third-order valence-corrected chi connectivity index (χ3v) is 22.3. The first-order chi connectivity index (χ1) is 58.1. The van der Waals surface area contributed by atoms with Crippen LogP contribution >= 0.6 is 46.4 Å². The summed E-state index contributed by atoms with van der Waals surface area (Å²) in [7, 11) is 0. The van der Waals surface area contributed by atoms with E-state index in [1.807, 2.05) is 121 Å². The van der Waals surface area contributed by atoms with Gasteiger partial charge in [0.15, 0.2) is 0 Å². The van der Waals surface area contributed by atoms with Crippen LogP contribution in [0.2, 0.25) is 21.1 Å². The van der Waals surface area contributed by atoms with E-state index < -0.39 is 0 Å². The summed E-state index contributed by atoms with van der Waals surface area (Å²) in [6.45, 7) is 0. The predicted molar refractivity (Wildman–Crippen MR) is 483 cm³/mol. The molecule has 0 N–H and O–H groups in total. The lowest BCUT2D eigenvalue weighted by molar-refractivity contribution is 0.652. The van der Waals surface area contributed by atoms with Gasteiger partial charge in [-0.25, -0.2) is 19.9 Å². The minimum absolute atomic E-state index is 0.174. The van der Waals surface area contributed by atoms with Crippen molar-refractivity contribution >= 4 is 189 Å². The summed E-state index contributed by atoms with van der Waals surface area (Å²) in [5, 5.41) is 19.9. The zero-order valence-corrected chi connectivity index (χ0v) is 65.2. The number of rotatable bonds is 7. The van der Waals surface area contributed by atoms with E-state index in [0.717, 1.165) is 143 Å². The molecule has 0 bridgehead atoms. The number of fused-ring (bicyclic) bond motifs is 18. The largest absolute Gasteiger partial charge is 0.438 e. The van der Waals surface area contributed by atoms with E-state index in [0.29, 0.717) is 22.9 Å². The van der Waals surface area contributed by atoms with Crippen LogP contribution in [0, 0.1) is 0 Å². The van der Waals surface area contributed by atoms with Crippen LogP contribution in [0.5, 0.6) is 0 Å². The maximum Gasteiger partial charge on any atom is 0.232 e. The molecule has 0 radical (unpaired) electrons. The Balaban J connectivity index is 0.0000000978. The molecule has 0 saturated heterocycles. The van der Waals surface area contributed by atoms with Crippen LogP contribution in [-0.2, 0) is 0 Å². The Morgan fingerprint density at radius 3 is 0.958 bits per heavy atom. The monoisotopic (exact) mass is 1600 g/mol. The smallest absolute Gasteiger partial charge is 0.232 e. The van der Waals surface area contributed by atoms with Gasteiger partial charge in [0.05, 0.1) is 44.3 Å². The van der Waals surface area contributed by atoms with Crippen molar-refractivity contribution in [2.75, 3.05) is 0 Å². The van der Waals surface area contributed by atoms with Gasteiger partial charge in [0.2, 0.25) is 44.0 Å². The number of para-hydroxylation sites is 4. The molecular formula is C102H58Cl4N8O4. The first-order valence-corrected chi connectivity index (χ1v) is 39.7. The molecule has 16 heteroatoms. The van der Waals surface area contributed by atoms with Gasteiger partial charge in [-0.05, 0) is 182 Å². The van der Waals surface area contributed by atoms with Gasteiger partial charge in [0.25, 0.3) is 0 Å². The Bertz CT molecular complexity index is 8090. The maximum atomic E-state index is 6.30. The quantitative estimate of drug-likeness (QED) is 0.110. The highest BCUT2D eigenvalue weighted by atomic mass is 35.5. The Hall–Kier alpha value is -14.5. The summed E-state index contributed by atoms with van der Waals surface area (Å²) in [6, 6.07) is 120. The lowest BCUT2D eigenvalue weighted by atomic mass is 9.93. The van der Waals surface area contributed by atoms with Crippen molar-refractivity contribution in [1.82, 2.24) is 39.9 Å². The van der Waals surface area contributed by atoms with E-state index in [9.17, 15) is 0 Å². The Labute approximate surface area is 692 Å². The fraction of sp³-hybridized carbons (Fsp3) is 0. The molecule has 118 heavy (non-hydrogen) atoms. The van der Waals surface area contributed by atoms with Crippen molar-refractivity contribution in [3.05, 3.63) is 373 Å². The number of benzene rings is 16. The van der Waals surface area contributed by atoms with Crippen molar-refractivity contribution in [2.24, 2.45) is 0 Å². The highest BCUT2D eigenvalue weighted by Gasteiger charge is 2.24. The van der Waals surface area contributed by atoms with E-state index in [1.165, 1.54) is 54.7 Å². The second-order valence-electron chi connectivity index (χ2n) is 28.5. The molecule has 0 aliphatic heterocycles. The highest BCUT2D eigenvalue weighted by Crippen LogP contribution is 2.45. The van der Waals surface area contributed by atoms with Gasteiger partial charge in [-0.1, -0.05) is 303 Å². The van der Waals surface area contributed by atoms with Crippen LogP contribution in [0.4, 0.5) is 0 Å². The first kappa shape index (κ1) is 71.3. The summed E-state index contributed by atoms with van der Waals surface area (Å²) in [5.74, 6) is 0. The fourth-order valence-corrected chi connectivity index (χ4v) is 16.9. The molecule has 558 valence electrons. The Morgan fingerprint density at radius 2 is 0.466 bits per heavy atom. The second kappa shape index (κ2) is 30.0. The molecule has 8 heterocycles. The number of furan rings is 4. The van der Waals surface area contributed by atoms with Gasteiger partial charge in [-0.15, -0.1) is 0 Å². The van der Waals surface area contributed by atoms with Gasteiger partial charge in [-0.3, -0.25) is 0 Å². The van der Waals surface area contributed by atoms with Crippen LogP contribution in [0.25, 0.3) is 221 Å². The molecular weight excluding hydrogens is 1540 g/mol. The van der Waals surface area contributed by atoms with E-state index in [1.54, 1.807) is 0 Å². The minimum atomic E-state index is 0.174. The average molecular weight is 1600 g/mol. The molecule has 16 aromatic carbocycles.